The van der Waals surface area contributed by atoms with Crippen LogP contribution >= 0.6 is 7.26 Å². The van der Waals surface area contributed by atoms with Crippen molar-refractivity contribution in [2.24, 2.45) is 0 Å². The maximum Gasteiger partial charge on any atom is 0.167 e. The Kier molecular flexibility index (Phi) is 8.49. The third kappa shape index (κ3) is 5.34. The van der Waals surface area contributed by atoms with E-state index in [1.165, 1.54) is 21.5 Å². The Hall–Kier alpha value is -3.51. The van der Waals surface area contributed by atoms with Gasteiger partial charge in [0, 0.05) is 17.5 Å². The molecule has 0 atom stereocenters. The molecule has 36 heavy (non-hydrogen) atoms. The Bertz CT molecular complexity index is 1350. The van der Waals surface area contributed by atoms with E-state index in [-0.39, 0.29) is 18.2 Å². The fourth-order valence-electron chi connectivity index (χ4n) is 4.85. The first-order chi connectivity index (χ1) is 17.3. The van der Waals surface area contributed by atoms with Gasteiger partial charge in [0.15, 0.2) is 5.78 Å². The summed E-state index contributed by atoms with van der Waals surface area (Å²) in [5, 5.41) is 3.94. The number of benzene rings is 5. The summed E-state index contributed by atoms with van der Waals surface area (Å²) in [5.41, 5.74) is 3.17. The monoisotopic (exact) mass is 506 g/mol. The van der Waals surface area contributed by atoms with E-state index in [0.29, 0.717) is 6.42 Å². The Morgan fingerprint density at radius 3 is 1.53 bits per heavy atom. The quantitative estimate of drug-likeness (QED) is 0.232. The van der Waals surface area contributed by atoms with Crippen LogP contribution < -0.4 is 28.3 Å². The average molecular weight is 507 g/mol. The van der Waals surface area contributed by atoms with Gasteiger partial charge in [0.2, 0.25) is 0 Å². The smallest absolute Gasteiger partial charge is 0.167 e. The number of carbonyl (C=O) groups excluding carboxylic acids is 1. The van der Waals surface area contributed by atoms with Gasteiger partial charge >= 0.3 is 0 Å². The first kappa shape index (κ1) is 25.6. The van der Waals surface area contributed by atoms with Crippen molar-refractivity contribution in [3.05, 3.63) is 162 Å². The van der Waals surface area contributed by atoms with Crippen LogP contribution in [-0.2, 0) is 12.6 Å². The molecular formula is C33H28ClOP. The van der Waals surface area contributed by atoms with E-state index < -0.39 is 7.26 Å². The minimum absolute atomic E-state index is 0. The second-order valence-corrected chi connectivity index (χ2v) is 12.2. The first-order valence-corrected chi connectivity index (χ1v) is 13.9. The van der Waals surface area contributed by atoms with Crippen LogP contribution in [0.1, 0.15) is 21.5 Å². The van der Waals surface area contributed by atoms with Crippen LogP contribution in [0.15, 0.2) is 146 Å². The molecule has 5 rings (SSSR count). The van der Waals surface area contributed by atoms with Crippen molar-refractivity contribution in [1.82, 2.24) is 0 Å². The third-order valence-electron chi connectivity index (χ3n) is 6.51. The zero-order valence-electron chi connectivity index (χ0n) is 20.0. The molecule has 3 heteroatoms. The van der Waals surface area contributed by atoms with Crippen molar-refractivity contribution in [1.29, 1.82) is 0 Å². The average Bonchev–Trinajstić information content (AvgIpc) is 2.94. The van der Waals surface area contributed by atoms with Crippen molar-refractivity contribution in [2.75, 3.05) is 0 Å². The van der Waals surface area contributed by atoms with E-state index in [9.17, 15) is 4.79 Å². The van der Waals surface area contributed by atoms with Gasteiger partial charge in [0.05, 0.1) is 6.16 Å². The molecule has 0 saturated carbocycles. The lowest BCUT2D eigenvalue weighted by atomic mass is 10.0. The fourth-order valence-corrected chi connectivity index (χ4v) is 9.34. The molecule has 0 spiro atoms. The minimum atomic E-state index is -2.11. The molecule has 0 saturated heterocycles. The molecule has 5 aromatic carbocycles. The Labute approximate surface area is 220 Å². The summed E-state index contributed by atoms with van der Waals surface area (Å²) in [4.78, 5) is 13.3. The normalized spacial score (nSPS) is 10.9. The highest BCUT2D eigenvalue weighted by molar-refractivity contribution is 7.95. The summed E-state index contributed by atoms with van der Waals surface area (Å²) in [7, 11) is -2.11. The standard InChI is InChI=1S/C33H28OP.ClH/c34-32(28-17-7-2-8-18-28)25-29-19-13-14-24-33(29)35(30-20-9-3-10-21-30,31-22-11-4-12-23-31)26-27-15-5-1-6-16-27;/h1-24H,25-26H2;1H/q+1;/p-1. The number of rotatable bonds is 8. The van der Waals surface area contributed by atoms with E-state index in [4.69, 9.17) is 0 Å². The summed E-state index contributed by atoms with van der Waals surface area (Å²) in [6, 6.07) is 50.7. The summed E-state index contributed by atoms with van der Waals surface area (Å²) in [5.74, 6) is 0.150. The summed E-state index contributed by atoms with van der Waals surface area (Å²) >= 11 is 0. The predicted molar refractivity (Wildman–Crippen MR) is 150 cm³/mol. The van der Waals surface area contributed by atoms with E-state index >= 15 is 0 Å². The van der Waals surface area contributed by atoms with E-state index in [1.807, 2.05) is 30.3 Å². The zero-order chi connectivity index (χ0) is 23.9. The highest BCUT2D eigenvalue weighted by Crippen LogP contribution is 2.58. The second kappa shape index (κ2) is 12.0. The topological polar surface area (TPSA) is 17.1 Å². The van der Waals surface area contributed by atoms with E-state index in [0.717, 1.165) is 17.3 Å². The lowest BCUT2D eigenvalue weighted by Crippen LogP contribution is -3.00. The maximum atomic E-state index is 13.3. The summed E-state index contributed by atoms with van der Waals surface area (Å²) < 4.78 is 0. The Balaban J connectivity index is 0.00000304. The zero-order valence-corrected chi connectivity index (χ0v) is 21.7. The van der Waals surface area contributed by atoms with Crippen LogP contribution in [0.5, 0.6) is 0 Å². The Morgan fingerprint density at radius 1 is 0.528 bits per heavy atom. The molecule has 0 bridgehead atoms. The van der Waals surface area contributed by atoms with Crippen LogP contribution in [0.3, 0.4) is 0 Å². The van der Waals surface area contributed by atoms with Gasteiger partial charge in [0.1, 0.15) is 23.2 Å². The molecule has 0 aliphatic carbocycles. The molecule has 178 valence electrons. The fraction of sp³-hybridized carbons (Fsp3) is 0.0606. The molecule has 0 aromatic heterocycles. The van der Waals surface area contributed by atoms with Gasteiger partial charge in [0.25, 0.3) is 0 Å². The molecule has 0 aliphatic rings. The SMILES string of the molecule is O=C(Cc1ccccc1[P+](Cc1ccccc1)(c1ccccc1)c1ccccc1)c1ccccc1.[Cl-]. The molecule has 0 heterocycles. The highest BCUT2D eigenvalue weighted by Gasteiger charge is 2.46. The number of hydrogen-bond donors (Lipinski definition) is 0. The molecule has 0 N–H and O–H groups in total. The van der Waals surface area contributed by atoms with Crippen molar-refractivity contribution in [3.8, 4) is 0 Å². The largest absolute Gasteiger partial charge is 1.00 e. The minimum Gasteiger partial charge on any atom is -1.00 e. The number of Topliss-reactive ketones (excluding diaryl/α,β-unsaturated/α-hetero) is 1. The molecule has 1 nitrogen and oxygen atoms in total. The summed E-state index contributed by atoms with van der Waals surface area (Å²) in [6.45, 7) is 0. The lowest BCUT2D eigenvalue weighted by Gasteiger charge is -2.29. The predicted octanol–water partition coefficient (Wildman–Crippen LogP) is 3.61. The number of ketones is 1. The van der Waals surface area contributed by atoms with Crippen LogP contribution in [0.25, 0.3) is 0 Å². The molecule has 0 amide bonds. The maximum absolute atomic E-state index is 13.3. The molecule has 0 fully saturated rings. The molecule has 5 aromatic rings. The highest BCUT2D eigenvalue weighted by atomic mass is 35.5. The van der Waals surface area contributed by atoms with Crippen LogP contribution in [0.4, 0.5) is 0 Å². The summed E-state index contributed by atoms with van der Waals surface area (Å²) in [6.07, 6.45) is 1.29. The van der Waals surface area contributed by atoms with Crippen molar-refractivity contribution < 1.29 is 17.2 Å². The number of carbonyl (C=O) groups is 1. The number of halogens is 1. The van der Waals surface area contributed by atoms with Crippen molar-refractivity contribution in [2.45, 2.75) is 12.6 Å². The van der Waals surface area contributed by atoms with Crippen molar-refractivity contribution in [3.63, 3.8) is 0 Å². The van der Waals surface area contributed by atoms with Gasteiger partial charge in [-0.2, -0.15) is 0 Å². The molecule has 0 aliphatic heterocycles. The van der Waals surface area contributed by atoms with Gasteiger partial charge in [-0.1, -0.05) is 115 Å². The second-order valence-electron chi connectivity index (χ2n) is 8.72. The molecular weight excluding hydrogens is 479 g/mol. The first-order valence-electron chi connectivity index (χ1n) is 12.0. The van der Waals surface area contributed by atoms with Gasteiger partial charge in [-0.15, -0.1) is 0 Å². The Morgan fingerprint density at radius 2 is 0.972 bits per heavy atom. The van der Waals surface area contributed by atoms with Crippen LogP contribution in [-0.4, -0.2) is 5.78 Å². The van der Waals surface area contributed by atoms with Crippen molar-refractivity contribution >= 4 is 29.0 Å². The van der Waals surface area contributed by atoms with Gasteiger partial charge in [-0.3, -0.25) is 4.79 Å². The van der Waals surface area contributed by atoms with Crippen LogP contribution in [0, 0.1) is 0 Å². The van der Waals surface area contributed by atoms with E-state index in [1.54, 1.807) is 0 Å². The number of hydrogen-bond acceptors (Lipinski definition) is 1. The van der Waals surface area contributed by atoms with Gasteiger partial charge in [-0.05, 0) is 35.9 Å². The van der Waals surface area contributed by atoms with E-state index in [2.05, 4.69) is 115 Å². The lowest BCUT2D eigenvalue weighted by molar-refractivity contribution is -0.0000147. The molecule has 0 unspecified atom stereocenters. The van der Waals surface area contributed by atoms with Gasteiger partial charge in [-0.25, -0.2) is 0 Å². The van der Waals surface area contributed by atoms with Gasteiger partial charge < -0.3 is 12.4 Å². The molecule has 0 radical (unpaired) electrons. The van der Waals surface area contributed by atoms with Crippen LogP contribution in [0.2, 0.25) is 0 Å². The third-order valence-corrected chi connectivity index (χ3v) is 11.0.